The van der Waals surface area contributed by atoms with E-state index in [9.17, 15) is 4.79 Å². The molecule has 1 unspecified atom stereocenters. The molecule has 4 heteroatoms. The molecule has 1 amide bonds. The molecule has 0 aliphatic heterocycles. The van der Waals surface area contributed by atoms with Gasteiger partial charge in [-0.2, -0.15) is 0 Å². The van der Waals surface area contributed by atoms with E-state index < -0.39 is 0 Å². The van der Waals surface area contributed by atoms with E-state index in [1.165, 1.54) is 0 Å². The Morgan fingerprint density at radius 1 is 1.28 bits per heavy atom. The van der Waals surface area contributed by atoms with Gasteiger partial charge < -0.3 is 9.73 Å². The monoisotopic (exact) mass is 261 g/mol. The number of amides is 1. The van der Waals surface area contributed by atoms with E-state index in [2.05, 4.69) is 5.32 Å². The van der Waals surface area contributed by atoms with E-state index in [0.717, 1.165) is 11.4 Å². The molecule has 0 bridgehead atoms. The zero-order chi connectivity index (χ0) is 12.8. The first-order valence-electron chi connectivity index (χ1n) is 5.75. The van der Waals surface area contributed by atoms with Crippen LogP contribution in [-0.4, -0.2) is 11.2 Å². The summed E-state index contributed by atoms with van der Waals surface area (Å²) < 4.78 is 5.23. The van der Waals surface area contributed by atoms with Crippen LogP contribution in [0.3, 0.4) is 0 Å². The van der Waals surface area contributed by atoms with E-state index in [-0.39, 0.29) is 11.2 Å². The summed E-state index contributed by atoms with van der Waals surface area (Å²) in [7, 11) is 0. The fourth-order valence-electron chi connectivity index (χ4n) is 1.44. The Kier molecular flexibility index (Phi) is 4.47. The summed E-state index contributed by atoms with van der Waals surface area (Å²) in [5.74, 6) is 1.60. The molecule has 1 aromatic heterocycles. The highest BCUT2D eigenvalue weighted by atomic mass is 32.2. The number of thioether (sulfide) groups is 1. The predicted octanol–water partition coefficient (Wildman–Crippen LogP) is 3.54. The van der Waals surface area contributed by atoms with E-state index in [4.69, 9.17) is 4.42 Å². The third-order valence-corrected chi connectivity index (χ3v) is 3.63. The van der Waals surface area contributed by atoms with Crippen molar-refractivity contribution in [2.75, 3.05) is 5.32 Å². The summed E-state index contributed by atoms with van der Waals surface area (Å²) in [5.41, 5.74) is 0.827. The van der Waals surface area contributed by atoms with Crippen molar-refractivity contribution in [3.05, 3.63) is 54.5 Å². The summed E-state index contributed by atoms with van der Waals surface area (Å²) in [6.45, 7) is 1.89. The maximum absolute atomic E-state index is 11.9. The Bertz CT molecular complexity index is 482. The lowest BCUT2D eigenvalue weighted by molar-refractivity contribution is -0.115. The molecule has 1 N–H and O–H groups in total. The Morgan fingerprint density at radius 2 is 2.06 bits per heavy atom. The first-order valence-corrected chi connectivity index (χ1v) is 6.80. The smallest absolute Gasteiger partial charge is 0.237 e. The minimum atomic E-state index is -0.115. The first kappa shape index (κ1) is 12.8. The molecule has 0 fully saturated rings. The SMILES string of the molecule is CC(SCc1ccco1)C(=O)Nc1ccccc1. The van der Waals surface area contributed by atoms with Gasteiger partial charge in [0, 0.05) is 5.69 Å². The number of nitrogens with one attached hydrogen (secondary N) is 1. The predicted molar refractivity (Wildman–Crippen MR) is 74.5 cm³/mol. The number of carbonyl (C=O) groups excluding carboxylic acids is 1. The Balaban J connectivity index is 1.82. The molecule has 0 spiro atoms. The minimum absolute atomic E-state index is 0.0118. The molecule has 2 rings (SSSR count). The third kappa shape index (κ3) is 3.67. The molecule has 94 valence electrons. The molecule has 0 saturated carbocycles. The molecule has 0 aliphatic rings. The average molecular weight is 261 g/mol. The Labute approximate surface area is 111 Å². The van der Waals surface area contributed by atoms with Crippen LogP contribution >= 0.6 is 11.8 Å². The van der Waals surface area contributed by atoms with E-state index in [0.29, 0.717) is 5.75 Å². The fraction of sp³-hybridized carbons (Fsp3) is 0.214. The number of anilines is 1. The van der Waals surface area contributed by atoms with Gasteiger partial charge >= 0.3 is 0 Å². The van der Waals surface area contributed by atoms with Crippen molar-refractivity contribution < 1.29 is 9.21 Å². The van der Waals surface area contributed by atoms with E-state index in [1.807, 2.05) is 49.4 Å². The van der Waals surface area contributed by atoms with Gasteiger partial charge in [-0.15, -0.1) is 11.8 Å². The quantitative estimate of drug-likeness (QED) is 0.895. The highest BCUT2D eigenvalue weighted by Crippen LogP contribution is 2.19. The maximum Gasteiger partial charge on any atom is 0.237 e. The Morgan fingerprint density at radius 3 is 2.72 bits per heavy atom. The molecule has 0 aliphatic carbocycles. The second-order valence-corrected chi connectivity index (χ2v) is 5.22. The third-order valence-electron chi connectivity index (χ3n) is 2.47. The summed E-state index contributed by atoms with van der Waals surface area (Å²) in [4.78, 5) is 11.9. The van der Waals surface area contributed by atoms with Gasteiger partial charge in [0.1, 0.15) is 5.76 Å². The van der Waals surface area contributed by atoms with Crippen LogP contribution in [0.15, 0.2) is 53.1 Å². The highest BCUT2D eigenvalue weighted by molar-refractivity contribution is 7.99. The minimum Gasteiger partial charge on any atom is -0.468 e. The van der Waals surface area contributed by atoms with E-state index in [1.54, 1.807) is 18.0 Å². The number of furan rings is 1. The molecular formula is C14H15NO2S. The van der Waals surface area contributed by atoms with Crippen molar-refractivity contribution in [1.29, 1.82) is 0 Å². The number of carbonyl (C=O) groups is 1. The number of benzene rings is 1. The molecule has 18 heavy (non-hydrogen) atoms. The van der Waals surface area contributed by atoms with Gasteiger partial charge in [0.25, 0.3) is 0 Å². The largest absolute Gasteiger partial charge is 0.468 e. The fourth-order valence-corrected chi connectivity index (χ4v) is 2.23. The molecule has 0 saturated heterocycles. The van der Waals surface area contributed by atoms with Crippen LogP contribution in [0.4, 0.5) is 5.69 Å². The molecule has 0 radical (unpaired) electrons. The summed E-state index contributed by atoms with van der Waals surface area (Å²) in [5, 5.41) is 2.77. The van der Waals surface area contributed by atoms with Gasteiger partial charge in [-0.1, -0.05) is 18.2 Å². The maximum atomic E-state index is 11.9. The van der Waals surface area contributed by atoms with Crippen LogP contribution in [0.25, 0.3) is 0 Å². The standard InChI is InChI=1S/C14H15NO2S/c1-11(18-10-13-8-5-9-17-13)14(16)15-12-6-3-2-4-7-12/h2-9,11H,10H2,1H3,(H,15,16). The lowest BCUT2D eigenvalue weighted by atomic mass is 10.3. The summed E-state index contributed by atoms with van der Waals surface area (Å²) >= 11 is 1.56. The lowest BCUT2D eigenvalue weighted by Crippen LogP contribution is -2.22. The van der Waals surface area contributed by atoms with Gasteiger partial charge in [-0.05, 0) is 31.2 Å². The van der Waals surface area contributed by atoms with Crippen LogP contribution in [0, 0.1) is 0 Å². The molecule has 3 nitrogen and oxygen atoms in total. The van der Waals surface area contributed by atoms with Crippen molar-refractivity contribution in [2.24, 2.45) is 0 Å². The summed E-state index contributed by atoms with van der Waals surface area (Å²) in [6, 6.07) is 13.2. The number of rotatable bonds is 5. The average Bonchev–Trinajstić information content (AvgIpc) is 2.90. The van der Waals surface area contributed by atoms with Gasteiger partial charge in [0.05, 0.1) is 17.3 Å². The normalized spacial score (nSPS) is 12.1. The van der Waals surface area contributed by atoms with Crippen LogP contribution in [0.1, 0.15) is 12.7 Å². The zero-order valence-corrected chi connectivity index (χ0v) is 10.9. The van der Waals surface area contributed by atoms with Crippen molar-refractivity contribution in [1.82, 2.24) is 0 Å². The molecule has 1 atom stereocenters. The zero-order valence-electron chi connectivity index (χ0n) is 10.1. The van der Waals surface area contributed by atoms with Crippen LogP contribution < -0.4 is 5.32 Å². The van der Waals surface area contributed by atoms with Crippen LogP contribution in [0.5, 0.6) is 0 Å². The first-order chi connectivity index (χ1) is 8.75. The van der Waals surface area contributed by atoms with Crippen LogP contribution in [-0.2, 0) is 10.5 Å². The lowest BCUT2D eigenvalue weighted by Gasteiger charge is -2.11. The van der Waals surface area contributed by atoms with Crippen molar-refractivity contribution in [3.63, 3.8) is 0 Å². The van der Waals surface area contributed by atoms with Gasteiger partial charge in [0.15, 0.2) is 0 Å². The number of hydrogen-bond acceptors (Lipinski definition) is 3. The second kappa shape index (κ2) is 6.31. The van der Waals surface area contributed by atoms with Crippen molar-refractivity contribution in [2.45, 2.75) is 17.9 Å². The second-order valence-electron chi connectivity index (χ2n) is 3.89. The highest BCUT2D eigenvalue weighted by Gasteiger charge is 2.14. The molecule has 2 aromatic rings. The van der Waals surface area contributed by atoms with E-state index >= 15 is 0 Å². The molecule has 1 aromatic carbocycles. The summed E-state index contributed by atoms with van der Waals surface area (Å²) in [6.07, 6.45) is 1.64. The topological polar surface area (TPSA) is 42.2 Å². The number of hydrogen-bond donors (Lipinski definition) is 1. The molecule has 1 heterocycles. The van der Waals surface area contributed by atoms with Gasteiger partial charge in [-0.3, -0.25) is 4.79 Å². The van der Waals surface area contributed by atoms with Gasteiger partial charge in [-0.25, -0.2) is 0 Å². The van der Waals surface area contributed by atoms with Crippen LogP contribution in [0.2, 0.25) is 0 Å². The molecular weight excluding hydrogens is 246 g/mol. The van der Waals surface area contributed by atoms with Crippen molar-refractivity contribution in [3.8, 4) is 0 Å². The Hall–Kier alpha value is -1.68. The van der Waals surface area contributed by atoms with Gasteiger partial charge in [0.2, 0.25) is 5.91 Å². The van der Waals surface area contributed by atoms with Crippen molar-refractivity contribution >= 4 is 23.4 Å². The number of para-hydroxylation sites is 1.